The molecule has 0 aromatic heterocycles. The molecule has 0 saturated carbocycles. The van der Waals surface area contributed by atoms with Crippen LogP contribution in [0.5, 0.6) is 5.75 Å². The van der Waals surface area contributed by atoms with E-state index in [2.05, 4.69) is 5.32 Å². The quantitative estimate of drug-likeness (QED) is 0.868. The van der Waals surface area contributed by atoms with Crippen LogP contribution in [0, 0.1) is 6.92 Å². The first-order valence-electron chi connectivity index (χ1n) is 5.78. The molecule has 2 aromatic carbocycles. The number of nitrogens with one attached hydrogen (secondary N) is 1. The summed E-state index contributed by atoms with van der Waals surface area (Å²) in [5.74, 6) is 0.0834. The number of hydrogen-bond donors (Lipinski definition) is 2. The Morgan fingerprint density at radius 3 is 2.56 bits per heavy atom. The van der Waals surface area contributed by atoms with Crippen molar-refractivity contribution in [2.24, 2.45) is 0 Å². The zero-order valence-corrected chi connectivity index (χ0v) is 10.2. The molecule has 0 atom stereocenters. The van der Waals surface area contributed by atoms with Gasteiger partial charge >= 0.3 is 0 Å². The molecule has 18 heavy (non-hydrogen) atoms. The number of rotatable bonds is 3. The van der Waals surface area contributed by atoms with E-state index in [1.54, 1.807) is 18.2 Å². The number of carbonyl (C=O) groups is 1. The van der Waals surface area contributed by atoms with Crippen LogP contribution in [0.3, 0.4) is 0 Å². The molecular formula is C15H15NO2. The van der Waals surface area contributed by atoms with Crippen molar-refractivity contribution in [2.45, 2.75) is 13.3 Å². The van der Waals surface area contributed by atoms with Gasteiger partial charge in [-0.05, 0) is 36.8 Å². The van der Waals surface area contributed by atoms with E-state index in [0.717, 1.165) is 16.8 Å². The van der Waals surface area contributed by atoms with Gasteiger partial charge in [0, 0.05) is 5.69 Å². The molecular weight excluding hydrogens is 226 g/mol. The average Bonchev–Trinajstić information content (AvgIpc) is 2.32. The maximum atomic E-state index is 11.8. The highest BCUT2D eigenvalue weighted by Gasteiger charge is 2.04. The molecule has 92 valence electrons. The summed E-state index contributed by atoms with van der Waals surface area (Å²) in [7, 11) is 0. The summed E-state index contributed by atoms with van der Waals surface area (Å²) in [4.78, 5) is 11.8. The van der Waals surface area contributed by atoms with Crippen LogP contribution in [-0.4, -0.2) is 11.0 Å². The van der Waals surface area contributed by atoms with E-state index >= 15 is 0 Å². The minimum atomic E-state index is -0.0931. The minimum Gasteiger partial charge on any atom is -0.508 e. The van der Waals surface area contributed by atoms with Crippen LogP contribution in [0.15, 0.2) is 48.5 Å². The Hall–Kier alpha value is -2.29. The number of phenolic OH excluding ortho intramolecular Hbond substituents is 1. The van der Waals surface area contributed by atoms with E-state index in [4.69, 9.17) is 0 Å². The average molecular weight is 241 g/mol. The molecule has 0 aliphatic rings. The fourth-order valence-electron chi connectivity index (χ4n) is 1.69. The van der Waals surface area contributed by atoms with Gasteiger partial charge in [-0.3, -0.25) is 4.79 Å². The van der Waals surface area contributed by atoms with Crippen molar-refractivity contribution < 1.29 is 9.90 Å². The Kier molecular flexibility index (Phi) is 3.63. The number of benzene rings is 2. The van der Waals surface area contributed by atoms with Crippen molar-refractivity contribution in [3.63, 3.8) is 0 Å². The van der Waals surface area contributed by atoms with Crippen LogP contribution in [0.1, 0.15) is 11.1 Å². The zero-order valence-electron chi connectivity index (χ0n) is 10.2. The van der Waals surface area contributed by atoms with Gasteiger partial charge in [0.15, 0.2) is 0 Å². The Bertz CT molecular complexity index is 547. The smallest absolute Gasteiger partial charge is 0.228 e. The maximum absolute atomic E-state index is 11.8. The van der Waals surface area contributed by atoms with Crippen LogP contribution in [0.4, 0.5) is 5.69 Å². The summed E-state index contributed by atoms with van der Waals surface area (Å²) in [6.45, 7) is 2.00. The summed E-state index contributed by atoms with van der Waals surface area (Å²) in [6.07, 6.45) is 0.252. The first-order valence-corrected chi connectivity index (χ1v) is 5.78. The number of anilines is 1. The van der Waals surface area contributed by atoms with Gasteiger partial charge in [-0.25, -0.2) is 0 Å². The number of carbonyl (C=O) groups excluding carboxylic acids is 1. The van der Waals surface area contributed by atoms with Crippen LogP contribution in [0.2, 0.25) is 0 Å². The third kappa shape index (κ3) is 3.35. The monoisotopic (exact) mass is 241 g/mol. The Labute approximate surface area is 106 Å². The second kappa shape index (κ2) is 5.36. The highest BCUT2D eigenvalue weighted by atomic mass is 16.3. The summed E-state index contributed by atoms with van der Waals surface area (Å²) in [5.41, 5.74) is 2.73. The molecule has 0 spiro atoms. The third-order valence-electron chi connectivity index (χ3n) is 2.61. The van der Waals surface area contributed by atoms with Crippen molar-refractivity contribution in [1.29, 1.82) is 0 Å². The number of phenols is 1. The molecule has 0 radical (unpaired) electrons. The Morgan fingerprint density at radius 1 is 1.17 bits per heavy atom. The largest absolute Gasteiger partial charge is 0.508 e. The molecule has 0 saturated heterocycles. The van der Waals surface area contributed by atoms with Gasteiger partial charge in [-0.2, -0.15) is 0 Å². The number of aromatic hydroxyl groups is 1. The molecule has 0 aliphatic carbocycles. The Balaban J connectivity index is 1.98. The lowest BCUT2D eigenvalue weighted by molar-refractivity contribution is -0.115. The molecule has 1 amide bonds. The molecule has 2 rings (SSSR count). The molecule has 0 unspecified atom stereocenters. The molecule has 0 heterocycles. The van der Waals surface area contributed by atoms with Gasteiger partial charge in [0.05, 0.1) is 6.42 Å². The van der Waals surface area contributed by atoms with Crippen LogP contribution >= 0.6 is 0 Å². The van der Waals surface area contributed by atoms with E-state index in [0.29, 0.717) is 0 Å². The lowest BCUT2D eigenvalue weighted by atomic mass is 10.1. The van der Waals surface area contributed by atoms with Gasteiger partial charge in [0.1, 0.15) is 5.75 Å². The highest BCUT2D eigenvalue weighted by molar-refractivity contribution is 5.92. The van der Waals surface area contributed by atoms with Gasteiger partial charge in [-0.1, -0.05) is 29.8 Å². The molecule has 0 bridgehead atoms. The minimum absolute atomic E-state index is 0.0931. The maximum Gasteiger partial charge on any atom is 0.228 e. The Morgan fingerprint density at radius 2 is 1.89 bits per heavy atom. The SMILES string of the molecule is Cc1ccc(NC(=O)Cc2cccc(O)c2)cc1. The normalized spacial score (nSPS) is 10.1. The van der Waals surface area contributed by atoms with Crippen molar-refractivity contribution in [3.05, 3.63) is 59.7 Å². The van der Waals surface area contributed by atoms with Crippen LogP contribution in [-0.2, 0) is 11.2 Å². The lowest BCUT2D eigenvalue weighted by Crippen LogP contribution is -2.14. The second-order valence-corrected chi connectivity index (χ2v) is 4.26. The first kappa shape index (κ1) is 12.2. The number of hydrogen-bond acceptors (Lipinski definition) is 2. The van der Waals surface area contributed by atoms with Gasteiger partial charge < -0.3 is 10.4 Å². The lowest BCUT2D eigenvalue weighted by Gasteiger charge is -2.06. The molecule has 2 aromatic rings. The number of amides is 1. The van der Waals surface area contributed by atoms with Crippen molar-refractivity contribution in [2.75, 3.05) is 5.32 Å². The fourth-order valence-corrected chi connectivity index (χ4v) is 1.69. The van der Waals surface area contributed by atoms with Crippen LogP contribution in [0.25, 0.3) is 0 Å². The summed E-state index contributed by atoms with van der Waals surface area (Å²) >= 11 is 0. The molecule has 3 heteroatoms. The van der Waals surface area contributed by atoms with E-state index in [1.807, 2.05) is 37.3 Å². The van der Waals surface area contributed by atoms with Gasteiger partial charge in [0.25, 0.3) is 0 Å². The third-order valence-corrected chi connectivity index (χ3v) is 2.61. The van der Waals surface area contributed by atoms with E-state index in [1.165, 1.54) is 0 Å². The second-order valence-electron chi connectivity index (χ2n) is 4.26. The summed E-state index contributed by atoms with van der Waals surface area (Å²) in [6, 6.07) is 14.4. The fraction of sp³-hybridized carbons (Fsp3) is 0.133. The molecule has 2 N–H and O–H groups in total. The summed E-state index contributed by atoms with van der Waals surface area (Å²) in [5, 5.41) is 12.1. The van der Waals surface area contributed by atoms with E-state index in [9.17, 15) is 9.90 Å². The number of aryl methyl sites for hydroxylation is 1. The van der Waals surface area contributed by atoms with Crippen LogP contribution < -0.4 is 5.32 Å². The van der Waals surface area contributed by atoms with Gasteiger partial charge in [-0.15, -0.1) is 0 Å². The zero-order chi connectivity index (χ0) is 13.0. The topological polar surface area (TPSA) is 49.3 Å². The highest BCUT2D eigenvalue weighted by Crippen LogP contribution is 2.13. The molecule has 3 nitrogen and oxygen atoms in total. The first-order chi connectivity index (χ1) is 8.63. The van der Waals surface area contributed by atoms with Crippen molar-refractivity contribution in [1.82, 2.24) is 0 Å². The van der Waals surface area contributed by atoms with E-state index < -0.39 is 0 Å². The predicted molar refractivity (Wildman–Crippen MR) is 71.6 cm³/mol. The van der Waals surface area contributed by atoms with Crippen molar-refractivity contribution in [3.8, 4) is 5.75 Å². The standard InChI is InChI=1S/C15H15NO2/c1-11-5-7-13(8-6-11)16-15(18)10-12-3-2-4-14(17)9-12/h2-9,17H,10H2,1H3,(H,16,18). The predicted octanol–water partition coefficient (Wildman–Crippen LogP) is 2.88. The van der Waals surface area contributed by atoms with E-state index in [-0.39, 0.29) is 18.1 Å². The van der Waals surface area contributed by atoms with Gasteiger partial charge in [0.2, 0.25) is 5.91 Å². The summed E-state index contributed by atoms with van der Waals surface area (Å²) < 4.78 is 0. The molecule has 0 fully saturated rings. The molecule has 0 aliphatic heterocycles. The van der Waals surface area contributed by atoms with Crippen molar-refractivity contribution >= 4 is 11.6 Å².